The Kier molecular flexibility index (Phi) is 14.6. The van der Waals surface area contributed by atoms with E-state index in [9.17, 15) is 4.21 Å². The Labute approximate surface area is 214 Å². The molecule has 35 heavy (non-hydrogen) atoms. The highest BCUT2D eigenvalue weighted by atomic mass is 32.2. The van der Waals surface area contributed by atoms with Gasteiger partial charge in [0.2, 0.25) is 0 Å². The molecule has 1 heterocycles. The van der Waals surface area contributed by atoms with Crippen molar-refractivity contribution in [3.05, 3.63) is 84.2 Å². The Bertz CT molecular complexity index is 929. The molecule has 1 N–H and O–H groups in total. The summed E-state index contributed by atoms with van der Waals surface area (Å²) in [6.45, 7) is 7.91. The number of unbranched alkanes of at least 4 members (excludes halogenated alkanes) is 3. The van der Waals surface area contributed by atoms with Crippen LogP contribution in [0.15, 0.2) is 73.1 Å². The van der Waals surface area contributed by atoms with Crippen LogP contribution in [-0.2, 0) is 22.1 Å². The molecule has 0 aliphatic heterocycles. The number of rotatable bonds is 17. The summed E-state index contributed by atoms with van der Waals surface area (Å²) >= 11 is -2.16. The Balaban J connectivity index is 1.77. The lowest BCUT2D eigenvalue weighted by Gasteiger charge is -2.24. The quantitative estimate of drug-likeness (QED) is 0.116. The van der Waals surface area contributed by atoms with Gasteiger partial charge in [-0.3, -0.25) is 8.74 Å². The SMILES string of the molecule is CCCCN(CCCC)c1ccc(/C=C/C=C/C=C/c2cc[n+](CCCCOS(=O)O)cc2)cc1. The van der Waals surface area contributed by atoms with Crippen LogP contribution in [0.5, 0.6) is 0 Å². The van der Waals surface area contributed by atoms with E-state index in [1.165, 1.54) is 36.9 Å². The molecule has 0 aliphatic rings. The molecule has 1 aromatic carbocycles. The number of aromatic nitrogens is 1. The van der Waals surface area contributed by atoms with Crippen LogP contribution in [-0.4, -0.2) is 28.5 Å². The van der Waals surface area contributed by atoms with E-state index in [0.29, 0.717) is 6.61 Å². The van der Waals surface area contributed by atoms with Crippen LogP contribution in [0.4, 0.5) is 5.69 Å². The van der Waals surface area contributed by atoms with Gasteiger partial charge in [0.05, 0.1) is 6.61 Å². The minimum absolute atomic E-state index is 0.299. The van der Waals surface area contributed by atoms with Crippen molar-refractivity contribution in [1.82, 2.24) is 0 Å². The van der Waals surface area contributed by atoms with Gasteiger partial charge >= 0.3 is 11.4 Å². The van der Waals surface area contributed by atoms with Gasteiger partial charge in [-0.05, 0) is 42.5 Å². The van der Waals surface area contributed by atoms with Crippen molar-refractivity contribution in [2.75, 3.05) is 24.6 Å². The highest BCUT2D eigenvalue weighted by Crippen LogP contribution is 2.18. The average molecular weight is 498 g/mol. The maximum atomic E-state index is 10.4. The molecule has 0 fully saturated rings. The zero-order chi connectivity index (χ0) is 25.1. The van der Waals surface area contributed by atoms with E-state index in [1.807, 2.05) is 30.6 Å². The summed E-state index contributed by atoms with van der Waals surface area (Å²) in [7, 11) is 0. The molecule has 1 aromatic heterocycles. The number of hydrogen-bond donors (Lipinski definition) is 1. The summed E-state index contributed by atoms with van der Waals surface area (Å²) in [5.41, 5.74) is 3.66. The summed E-state index contributed by atoms with van der Waals surface area (Å²) in [6.07, 6.45) is 23.1. The average Bonchev–Trinajstić information content (AvgIpc) is 2.87. The van der Waals surface area contributed by atoms with Crippen LogP contribution in [0, 0.1) is 0 Å². The molecule has 5 nitrogen and oxygen atoms in total. The van der Waals surface area contributed by atoms with Crippen LogP contribution in [0.25, 0.3) is 12.2 Å². The van der Waals surface area contributed by atoms with Gasteiger partial charge in [0.15, 0.2) is 12.4 Å². The van der Waals surface area contributed by atoms with Crippen LogP contribution in [0.1, 0.15) is 63.5 Å². The van der Waals surface area contributed by atoms with E-state index in [2.05, 4.69) is 82.1 Å². The molecular formula is C29H41N2O3S+. The topological polar surface area (TPSA) is 53.7 Å². The van der Waals surface area contributed by atoms with Gasteiger partial charge in [-0.1, -0.05) is 75.3 Å². The molecule has 1 atom stereocenters. The van der Waals surface area contributed by atoms with Crippen molar-refractivity contribution in [3.8, 4) is 0 Å². The van der Waals surface area contributed by atoms with E-state index in [0.717, 1.165) is 38.0 Å². The maximum absolute atomic E-state index is 10.4. The lowest BCUT2D eigenvalue weighted by molar-refractivity contribution is -0.697. The Morgan fingerprint density at radius 3 is 1.94 bits per heavy atom. The number of nitrogens with zero attached hydrogens (tertiary/aromatic N) is 2. The third kappa shape index (κ3) is 12.6. The van der Waals surface area contributed by atoms with Crippen molar-refractivity contribution in [2.45, 2.75) is 58.9 Å². The lowest BCUT2D eigenvalue weighted by atomic mass is 10.1. The molecule has 2 rings (SSSR count). The first-order valence-electron chi connectivity index (χ1n) is 12.7. The Morgan fingerprint density at radius 1 is 0.829 bits per heavy atom. The summed E-state index contributed by atoms with van der Waals surface area (Å²) in [5.74, 6) is 0. The molecule has 0 saturated carbocycles. The Morgan fingerprint density at radius 2 is 1.40 bits per heavy atom. The molecule has 2 aromatic rings. The highest BCUT2D eigenvalue weighted by molar-refractivity contribution is 7.74. The second-order valence-corrected chi connectivity index (χ2v) is 9.17. The summed E-state index contributed by atoms with van der Waals surface area (Å²) < 4.78 is 25.7. The molecule has 0 spiro atoms. The number of allylic oxidation sites excluding steroid dienone is 4. The fourth-order valence-corrected chi connectivity index (χ4v) is 3.84. The van der Waals surface area contributed by atoms with E-state index < -0.39 is 11.4 Å². The Hall–Kier alpha value is -2.54. The lowest BCUT2D eigenvalue weighted by Crippen LogP contribution is -2.32. The van der Waals surface area contributed by atoms with Crippen LogP contribution >= 0.6 is 0 Å². The van der Waals surface area contributed by atoms with E-state index in [4.69, 9.17) is 4.55 Å². The van der Waals surface area contributed by atoms with Crippen molar-refractivity contribution < 1.29 is 17.5 Å². The van der Waals surface area contributed by atoms with Gasteiger partial charge in [-0.15, -0.1) is 0 Å². The van der Waals surface area contributed by atoms with Gasteiger partial charge in [0.25, 0.3) is 0 Å². The molecule has 1 unspecified atom stereocenters. The summed E-state index contributed by atoms with van der Waals surface area (Å²) in [5, 5.41) is 0. The number of aryl methyl sites for hydroxylation is 1. The predicted octanol–water partition coefficient (Wildman–Crippen LogP) is 6.60. The fraction of sp³-hybridized carbons (Fsp3) is 0.414. The van der Waals surface area contributed by atoms with Crippen molar-refractivity contribution in [2.24, 2.45) is 0 Å². The monoisotopic (exact) mass is 497 g/mol. The molecule has 0 bridgehead atoms. The minimum Gasteiger partial charge on any atom is -0.372 e. The molecule has 0 aliphatic carbocycles. The van der Waals surface area contributed by atoms with Crippen LogP contribution < -0.4 is 9.47 Å². The third-order valence-corrected chi connectivity index (χ3v) is 6.01. The van der Waals surface area contributed by atoms with E-state index >= 15 is 0 Å². The van der Waals surface area contributed by atoms with Crippen LogP contribution in [0.3, 0.4) is 0 Å². The van der Waals surface area contributed by atoms with E-state index in [1.54, 1.807) is 0 Å². The smallest absolute Gasteiger partial charge is 0.301 e. The molecule has 190 valence electrons. The van der Waals surface area contributed by atoms with Gasteiger partial charge < -0.3 is 4.90 Å². The van der Waals surface area contributed by atoms with Crippen molar-refractivity contribution in [3.63, 3.8) is 0 Å². The molecule has 0 amide bonds. The third-order valence-electron chi connectivity index (χ3n) is 5.64. The second kappa shape index (κ2) is 17.8. The first kappa shape index (κ1) is 28.7. The second-order valence-electron chi connectivity index (χ2n) is 8.50. The molecule has 0 saturated heterocycles. The van der Waals surface area contributed by atoms with Gasteiger partial charge in [0, 0.05) is 37.3 Å². The summed E-state index contributed by atoms with van der Waals surface area (Å²) in [6, 6.07) is 13.0. The van der Waals surface area contributed by atoms with Gasteiger partial charge in [0.1, 0.15) is 6.54 Å². The molecule has 6 heteroatoms. The molecular weight excluding hydrogens is 456 g/mol. The fourth-order valence-electron chi connectivity index (χ4n) is 3.58. The number of pyridine rings is 1. The predicted molar refractivity (Wildman–Crippen MR) is 148 cm³/mol. The van der Waals surface area contributed by atoms with Gasteiger partial charge in [-0.2, -0.15) is 4.21 Å². The largest absolute Gasteiger partial charge is 0.372 e. The summed E-state index contributed by atoms with van der Waals surface area (Å²) in [4.78, 5) is 2.51. The number of benzene rings is 1. The zero-order valence-corrected chi connectivity index (χ0v) is 22.0. The zero-order valence-electron chi connectivity index (χ0n) is 21.2. The van der Waals surface area contributed by atoms with Crippen molar-refractivity contribution >= 4 is 29.2 Å². The van der Waals surface area contributed by atoms with Crippen LogP contribution in [0.2, 0.25) is 0 Å². The van der Waals surface area contributed by atoms with Crippen molar-refractivity contribution in [1.29, 1.82) is 0 Å². The molecule has 0 radical (unpaired) electrons. The normalized spacial score (nSPS) is 12.8. The van der Waals surface area contributed by atoms with E-state index in [-0.39, 0.29) is 0 Å². The number of anilines is 1. The first-order chi connectivity index (χ1) is 17.1. The van der Waals surface area contributed by atoms with Gasteiger partial charge in [-0.25, -0.2) is 4.57 Å². The standard InChI is InChI=1S/C29H40N2O3S/c1-3-5-22-31(23-6-4-2)29-17-15-27(16-18-29)13-9-7-8-10-14-28-19-24-30(25-20-28)21-11-12-26-34-35(32)33/h7-10,13-20,24-25H,3-6,11-12,21-23,26H2,1-2H3/p+1. The first-order valence-corrected chi connectivity index (χ1v) is 13.7. The number of hydrogen-bond acceptors (Lipinski definition) is 3. The minimum atomic E-state index is -2.16. The maximum Gasteiger partial charge on any atom is 0.301 e. The highest BCUT2D eigenvalue weighted by Gasteiger charge is 2.05.